The number of carbonyl (C=O) groups is 2. The third-order valence-corrected chi connectivity index (χ3v) is 2.61. The number of halogens is 2. The van der Waals surface area contributed by atoms with Crippen LogP contribution in [0.4, 0.5) is 8.78 Å². The van der Waals surface area contributed by atoms with Crippen molar-refractivity contribution < 1.29 is 23.5 Å². The summed E-state index contributed by atoms with van der Waals surface area (Å²) in [5, 5.41) is 11.2. The largest absolute Gasteiger partial charge is 0.480 e. The highest BCUT2D eigenvalue weighted by Gasteiger charge is 2.23. The van der Waals surface area contributed by atoms with Crippen molar-refractivity contribution >= 4 is 11.9 Å². The van der Waals surface area contributed by atoms with E-state index in [0.717, 1.165) is 18.2 Å². The highest BCUT2D eigenvalue weighted by atomic mass is 19.1. The molecule has 1 atom stereocenters. The van der Waals surface area contributed by atoms with Crippen LogP contribution in [-0.2, 0) is 16.0 Å². The maximum absolute atomic E-state index is 13.3. The molecule has 0 aliphatic carbocycles. The van der Waals surface area contributed by atoms with Gasteiger partial charge in [-0.25, -0.2) is 13.6 Å². The van der Waals surface area contributed by atoms with Crippen LogP contribution in [-0.4, -0.2) is 23.0 Å². The zero-order valence-corrected chi connectivity index (χ0v) is 10.6. The number of hydrogen-bond donors (Lipinski definition) is 2. The summed E-state index contributed by atoms with van der Waals surface area (Å²) in [7, 11) is 0. The fourth-order valence-corrected chi connectivity index (χ4v) is 1.59. The summed E-state index contributed by atoms with van der Waals surface area (Å²) in [6.07, 6.45) is -0.403. The fourth-order valence-electron chi connectivity index (χ4n) is 1.59. The van der Waals surface area contributed by atoms with E-state index in [4.69, 9.17) is 5.11 Å². The highest BCUT2D eigenvalue weighted by molar-refractivity contribution is 5.85. The van der Waals surface area contributed by atoms with Crippen molar-refractivity contribution in [3.63, 3.8) is 0 Å². The number of hydrogen-bond acceptors (Lipinski definition) is 2. The molecule has 0 fully saturated rings. The molecule has 0 saturated carbocycles. The second-order valence-electron chi connectivity index (χ2n) is 4.54. The lowest BCUT2D eigenvalue weighted by molar-refractivity contribution is -0.143. The molecular formula is C13H15F2NO3. The Balaban J connectivity index is 2.74. The van der Waals surface area contributed by atoms with Gasteiger partial charge in [-0.2, -0.15) is 0 Å². The number of aliphatic carboxylic acids is 1. The van der Waals surface area contributed by atoms with Gasteiger partial charge < -0.3 is 10.4 Å². The van der Waals surface area contributed by atoms with Crippen LogP contribution >= 0.6 is 0 Å². The van der Waals surface area contributed by atoms with E-state index in [-0.39, 0.29) is 11.5 Å². The molecule has 0 bridgehead atoms. The van der Waals surface area contributed by atoms with Crippen LogP contribution in [0.2, 0.25) is 0 Å². The summed E-state index contributed by atoms with van der Waals surface area (Å²) in [6.45, 7) is 3.28. The van der Waals surface area contributed by atoms with Crippen molar-refractivity contribution in [2.75, 3.05) is 0 Å². The molecule has 0 aromatic heterocycles. The van der Waals surface area contributed by atoms with E-state index in [1.54, 1.807) is 13.8 Å². The van der Waals surface area contributed by atoms with E-state index >= 15 is 0 Å². The molecular weight excluding hydrogens is 256 g/mol. The monoisotopic (exact) mass is 271 g/mol. The maximum Gasteiger partial charge on any atom is 0.326 e. The number of benzene rings is 1. The minimum atomic E-state index is -1.16. The smallest absolute Gasteiger partial charge is 0.326 e. The Morgan fingerprint density at radius 1 is 1.32 bits per heavy atom. The molecule has 0 aliphatic rings. The Labute approximate surface area is 109 Å². The normalized spacial score (nSPS) is 12.3. The average molecular weight is 271 g/mol. The topological polar surface area (TPSA) is 66.4 Å². The molecule has 0 unspecified atom stereocenters. The molecule has 104 valence electrons. The summed E-state index contributed by atoms with van der Waals surface area (Å²) in [4.78, 5) is 22.5. The van der Waals surface area contributed by atoms with E-state index in [1.165, 1.54) is 0 Å². The Hall–Kier alpha value is -1.98. The van der Waals surface area contributed by atoms with Gasteiger partial charge in [0, 0.05) is 5.56 Å². The Kier molecular flexibility index (Phi) is 4.97. The van der Waals surface area contributed by atoms with Crippen LogP contribution in [0, 0.1) is 17.6 Å². The van der Waals surface area contributed by atoms with E-state index in [1.807, 2.05) is 0 Å². The van der Waals surface area contributed by atoms with Crippen molar-refractivity contribution in [2.24, 2.45) is 5.92 Å². The lowest BCUT2D eigenvalue weighted by Crippen LogP contribution is -2.45. The van der Waals surface area contributed by atoms with Crippen LogP contribution in [0.3, 0.4) is 0 Å². The zero-order valence-electron chi connectivity index (χ0n) is 10.6. The van der Waals surface area contributed by atoms with Crippen LogP contribution in [0.15, 0.2) is 18.2 Å². The zero-order chi connectivity index (χ0) is 14.6. The van der Waals surface area contributed by atoms with Gasteiger partial charge in [0.15, 0.2) is 0 Å². The molecule has 1 aromatic carbocycles. The predicted molar refractivity (Wildman–Crippen MR) is 64.5 cm³/mol. The Morgan fingerprint density at radius 2 is 1.95 bits per heavy atom. The minimum absolute atomic E-state index is 0.106. The van der Waals surface area contributed by atoms with Crippen LogP contribution < -0.4 is 5.32 Å². The standard InChI is InChI=1S/C13H15F2NO3/c1-7(2)12(13(18)19)16-11(17)6-8-5-9(14)3-4-10(8)15/h3-5,7,12H,6H2,1-2H3,(H,16,17)(H,18,19)/t12-/m0/s1. The second kappa shape index (κ2) is 6.26. The first kappa shape index (κ1) is 15.1. The Morgan fingerprint density at radius 3 is 2.47 bits per heavy atom. The van der Waals surface area contributed by atoms with E-state index in [2.05, 4.69) is 5.32 Å². The summed E-state index contributed by atoms with van der Waals surface area (Å²) >= 11 is 0. The Bertz CT molecular complexity index is 489. The quantitative estimate of drug-likeness (QED) is 0.857. The van der Waals surface area contributed by atoms with E-state index < -0.39 is 36.0 Å². The molecule has 6 heteroatoms. The lowest BCUT2D eigenvalue weighted by Gasteiger charge is -2.17. The van der Waals surface area contributed by atoms with Gasteiger partial charge in [0.05, 0.1) is 6.42 Å². The van der Waals surface area contributed by atoms with Crippen molar-refractivity contribution in [2.45, 2.75) is 26.3 Å². The minimum Gasteiger partial charge on any atom is -0.480 e. The van der Waals surface area contributed by atoms with Crippen LogP contribution in [0.25, 0.3) is 0 Å². The van der Waals surface area contributed by atoms with Crippen LogP contribution in [0.5, 0.6) is 0 Å². The maximum atomic E-state index is 13.3. The summed E-state index contributed by atoms with van der Waals surface area (Å²) in [5.41, 5.74) is -0.106. The molecule has 4 nitrogen and oxygen atoms in total. The van der Waals surface area contributed by atoms with Gasteiger partial charge in [-0.1, -0.05) is 13.8 Å². The molecule has 0 radical (unpaired) electrons. The molecule has 0 spiro atoms. The predicted octanol–water partition coefficient (Wildman–Crippen LogP) is 1.73. The summed E-state index contributed by atoms with van der Waals surface area (Å²) in [5.74, 6) is -3.48. The third-order valence-electron chi connectivity index (χ3n) is 2.61. The van der Waals surface area contributed by atoms with Crippen molar-refractivity contribution in [1.29, 1.82) is 0 Å². The SMILES string of the molecule is CC(C)[C@H](NC(=O)Cc1cc(F)ccc1F)C(=O)O. The van der Waals surface area contributed by atoms with Crippen molar-refractivity contribution in [3.8, 4) is 0 Å². The highest BCUT2D eigenvalue weighted by Crippen LogP contribution is 2.11. The van der Waals surface area contributed by atoms with Crippen molar-refractivity contribution in [3.05, 3.63) is 35.4 Å². The van der Waals surface area contributed by atoms with Crippen molar-refractivity contribution in [1.82, 2.24) is 5.32 Å². The molecule has 1 amide bonds. The molecule has 1 aromatic rings. The number of amides is 1. The van der Waals surface area contributed by atoms with Crippen LogP contribution in [0.1, 0.15) is 19.4 Å². The molecule has 1 rings (SSSR count). The molecule has 19 heavy (non-hydrogen) atoms. The van der Waals surface area contributed by atoms with Gasteiger partial charge in [0.1, 0.15) is 17.7 Å². The third kappa shape index (κ3) is 4.31. The molecule has 0 saturated heterocycles. The first-order valence-electron chi connectivity index (χ1n) is 5.77. The fraction of sp³-hybridized carbons (Fsp3) is 0.385. The van der Waals surface area contributed by atoms with E-state index in [9.17, 15) is 18.4 Å². The van der Waals surface area contributed by atoms with Gasteiger partial charge in [-0.05, 0) is 24.1 Å². The molecule has 2 N–H and O–H groups in total. The van der Waals surface area contributed by atoms with Gasteiger partial charge >= 0.3 is 5.97 Å². The van der Waals surface area contributed by atoms with Gasteiger partial charge in [-0.15, -0.1) is 0 Å². The van der Waals surface area contributed by atoms with Gasteiger partial charge in [0.2, 0.25) is 5.91 Å². The average Bonchev–Trinajstić information content (AvgIpc) is 2.30. The first-order valence-corrected chi connectivity index (χ1v) is 5.77. The second-order valence-corrected chi connectivity index (χ2v) is 4.54. The summed E-state index contributed by atoms with van der Waals surface area (Å²) in [6, 6.07) is 1.74. The van der Waals surface area contributed by atoms with E-state index in [0.29, 0.717) is 0 Å². The number of carbonyl (C=O) groups excluding carboxylic acids is 1. The number of carboxylic acids is 1. The molecule has 0 heterocycles. The summed E-state index contributed by atoms with van der Waals surface area (Å²) < 4.78 is 26.2. The number of nitrogens with one attached hydrogen (secondary N) is 1. The first-order chi connectivity index (χ1) is 8.81. The number of carboxylic acid groups (broad SMARTS) is 1. The lowest BCUT2D eigenvalue weighted by atomic mass is 10.0. The van der Waals surface area contributed by atoms with Gasteiger partial charge in [-0.3, -0.25) is 4.79 Å². The number of rotatable bonds is 5. The van der Waals surface area contributed by atoms with Gasteiger partial charge in [0.25, 0.3) is 0 Å². The molecule has 0 aliphatic heterocycles.